The van der Waals surface area contributed by atoms with Gasteiger partial charge in [-0.15, -0.1) is 0 Å². The highest BCUT2D eigenvalue weighted by atomic mass is 16.3. The van der Waals surface area contributed by atoms with Gasteiger partial charge in [0.25, 0.3) is 0 Å². The first-order valence-electron chi connectivity index (χ1n) is 16.4. The summed E-state index contributed by atoms with van der Waals surface area (Å²) >= 11 is 0. The predicted molar refractivity (Wildman–Crippen MR) is 202 cm³/mol. The van der Waals surface area contributed by atoms with E-state index >= 15 is 0 Å². The Hall–Kier alpha value is -6.38. The quantitative estimate of drug-likeness (QED) is 0.185. The molecule has 226 valence electrons. The summed E-state index contributed by atoms with van der Waals surface area (Å²) in [5.41, 5.74) is 12.1. The van der Waals surface area contributed by atoms with E-state index in [9.17, 15) is 0 Å². The summed E-state index contributed by atoms with van der Waals surface area (Å²) in [6.45, 7) is 0. The van der Waals surface area contributed by atoms with Crippen molar-refractivity contribution in [2.45, 2.75) is 0 Å². The Bertz CT molecular complexity index is 2530. The second-order valence-corrected chi connectivity index (χ2v) is 12.1. The Morgan fingerprint density at radius 1 is 0.354 bits per heavy atom. The maximum Gasteiger partial charge on any atom is 0.145 e. The van der Waals surface area contributed by atoms with Crippen LogP contribution in [0.1, 0.15) is 0 Å². The van der Waals surface area contributed by atoms with E-state index in [0.29, 0.717) is 0 Å². The highest BCUT2D eigenvalue weighted by molar-refractivity contribution is 6.18. The van der Waals surface area contributed by atoms with Gasteiger partial charge in [-0.1, -0.05) is 152 Å². The third-order valence-corrected chi connectivity index (χ3v) is 9.29. The highest BCUT2D eigenvalue weighted by Crippen LogP contribution is 2.47. The van der Waals surface area contributed by atoms with Gasteiger partial charge >= 0.3 is 0 Å². The van der Waals surface area contributed by atoms with E-state index in [4.69, 9.17) is 4.42 Å². The van der Waals surface area contributed by atoms with Gasteiger partial charge in [-0.25, -0.2) is 0 Å². The van der Waals surface area contributed by atoms with E-state index in [1.165, 1.54) is 33.0 Å². The number of benzene rings is 8. The third kappa shape index (κ3) is 4.83. The topological polar surface area (TPSA) is 16.4 Å². The molecule has 9 aromatic rings. The zero-order valence-electron chi connectivity index (χ0n) is 26.3. The van der Waals surface area contributed by atoms with Crippen molar-refractivity contribution in [2.24, 2.45) is 0 Å². The van der Waals surface area contributed by atoms with Crippen molar-refractivity contribution in [1.82, 2.24) is 0 Å². The number of para-hydroxylation sites is 1. The Morgan fingerprint density at radius 3 is 1.60 bits per heavy atom. The molecule has 0 aliphatic rings. The summed E-state index contributed by atoms with van der Waals surface area (Å²) in [7, 11) is 0. The molecule has 0 atom stereocenters. The average Bonchev–Trinajstić information content (AvgIpc) is 3.56. The van der Waals surface area contributed by atoms with Crippen LogP contribution < -0.4 is 4.90 Å². The molecule has 0 spiro atoms. The lowest BCUT2D eigenvalue weighted by molar-refractivity contribution is 0.670. The van der Waals surface area contributed by atoms with Crippen molar-refractivity contribution in [2.75, 3.05) is 4.90 Å². The van der Waals surface area contributed by atoms with Crippen molar-refractivity contribution in [1.29, 1.82) is 0 Å². The third-order valence-electron chi connectivity index (χ3n) is 9.29. The molecule has 1 aromatic heterocycles. The van der Waals surface area contributed by atoms with Crippen LogP contribution >= 0.6 is 0 Å². The van der Waals surface area contributed by atoms with Crippen molar-refractivity contribution in [3.8, 4) is 33.4 Å². The minimum absolute atomic E-state index is 0.879. The first-order valence-corrected chi connectivity index (χ1v) is 16.4. The standard InChI is InChI=1S/C46H31NO/c1-3-12-32(13-4-1)33-22-24-34(25-23-33)35-26-28-38(29-27-35)47(42-20-11-17-36-16-7-8-18-39(36)42)43-31-30-40(37-14-5-2-6-15-37)46-45(43)41-19-9-10-21-44(41)48-46/h1-31H. The molecule has 2 heteroatoms. The van der Waals surface area contributed by atoms with Crippen LogP contribution in [0.5, 0.6) is 0 Å². The van der Waals surface area contributed by atoms with Crippen molar-refractivity contribution in [3.05, 3.63) is 188 Å². The van der Waals surface area contributed by atoms with E-state index in [-0.39, 0.29) is 0 Å². The highest BCUT2D eigenvalue weighted by Gasteiger charge is 2.23. The van der Waals surface area contributed by atoms with Gasteiger partial charge in [-0.2, -0.15) is 0 Å². The molecule has 0 unspecified atom stereocenters. The first-order chi connectivity index (χ1) is 23.8. The lowest BCUT2D eigenvalue weighted by atomic mass is 9.98. The minimum atomic E-state index is 0.879. The van der Waals surface area contributed by atoms with Gasteiger partial charge in [0.15, 0.2) is 0 Å². The van der Waals surface area contributed by atoms with E-state index in [1.54, 1.807) is 0 Å². The maximum absolute atomic E-state index is 6.68. The van der Waals surface area contributed by atoms with E-state index in [1.807, 2.05) is 6.07 Å². The number of fused-ring (bicyclic) bond motifs is 4. The summed E-state index contributed by atoms with van der Waals surface area (Å²) < 4.78 is 6.68. The summed E-state index contributed by atoms with van der Waals surface area (Å²) in [6, 6.07) is 66.8. The Kier molecular flexibility index (Phi) is 6.84. The molecule has 8 aromatic carbocycles. The fraction of sp³-hybridized carbons (Fsp3) is 0. The summed E-state index contributed by atoms with van der Waals surface area (Å²) in [5.74, 6) is 0. The van der Waals surface area contributed by atoms with Gasteiger partial charge in [0, 0.05) is 22.0 Å². The predicted octanol–water partition coefficient (Wildman–Crippen LogP) is 13.2. The fourth-order valence-electron chi connectivity index (χ4n) is 6.94. The second kappa shape index (κ2) is 11.8. The molecule has 0 saturated heterocycles. The molecule has 0 N–H and O–H groups in total. The molecule has 0 aliphatic heterocycles. The lowest BCUT2D eigenvalue weighted by Gasteiger charge is -2.28. The van der Waals surface area contributed by atoms with E-state index < -0.39 is 0 Å². The molecule has 0 fully saturated rings. The molecule has 0 aliphatic carbocycles. The van der Waals surface area contributed by atoms with Crippen LogP contribution in [0.3, 0.4) is 0 Å². The zero-order chi connectivity index (χ0) is 31.9. The van der Waals surface area contributed by atoms with Gasteiger partial charge in [0.1, 0.15) is 11.2 Å². The Morgan fingerprint density at radius 2 is 0.896 bits per heavy atom. The molecule has 1 heterocycles. The monoisotopic (exact) mass is 613 g/mol. The van der Waals surface area contributed by atoms with Gasteiger partial charge < -0.3 is 9.32 Å². The number of anilines is 3. The Labute approximate surface area is 279 Å². The molecule has 2 nitrogen and oxygen atoms in total. The number of nitrogens with zero attached hydrogens (tertiary/aromatic N) is 1. The van der Waals surface area contributed by atoms with Gasteiger partial charge in [-0.05, 0) is 69.6 Å². The molecule has 0 saturated carbocycles. The second-order valence-electron chi connectivity index (χ2n) is 12.1. The van der Waals surface area contributed by atoms with Crippen molar-refractivity contribution < 1.29 is 4.42 Å². The van der Waals surface area contributed by atoms with Crippen LogP contribution in [-0.4, -0.2) is 0 Å². The zero-order valence-corrected chi connectivity index (χ0v) is 26.3. The molecular weight excluding hydrogens is 583 g/mol. The van der Waals surface area contributed by atoms with Crippen LogP contribution in [0.15, 0.2) is 192 Å². The van der Waals surface area contributed by atoms with E-state index in [0.717, 1.165) is 50.1 Å². The molecule has 0 bridgehead atoms. The summed E-state index contributed by atoms with van der Waals surface area (Å²) in [4.78, 5) is 2.39. The minimum Gasteiger partial charge on any atom is -0.455 e. The SMILES string of the molecule is c1ccc(-c2ccc(-c3ccc(N(c4cccc5ccccc45)c4ccc(-c5ccccc5)c5oc6ccccc6c45)cc3)cc2)cc1. The normalized spacial score (nSPS) is 11.3. The summed E-state index contributed by atoms with van der Waals surface area (Å²) in [5, 5.41) is 4.58. The van der Waals surface area contributed by atoms with Crippen molar-refractivity contribution >= 4 is 49.8 Å². The maximum atomic E-state index is 6.68. The first kappa shape index (κ1) is 27.9. The van der Waals surface area contributed by atoms with Gasteiger partial charge in [-0.3, -0.25) is 0 Å². The molecule has 0 radical (unpaired) electrons. The van der Waals surface area contributed by atoms with E-state index in [2.05, 4.69) is 187 Å². The number of hydrogen-bond acceptors (Lipinski definition) is 2. The number of hydrogen-bond donors (Lipinski definition) is 0. The molecule has 0 amide bonds. The largest absolute Gasteiger partial charge is 0.455 e. The lowest BCUT2D eigenvalue weighted by Crippen LogP contribution is -2.11. The fourth-order valence-corrected chi connectivity index (χ4v) is 6.94. The van der Waals surface area contributed by atoms with Crippen LogP contribution in [0.2, 0.25) is 0 Å². The van der Waals surface area contributed by atoms with Crippen LogP contribution in [0, 0.1) is 0 Å². The average molecular weight is 614 g/mol. The van der Waals surface area contributed by atoms with Crippen molar-refractivity contribution in [3.63, 3.8) is 0 Å². The Balaban J connectivity index is 1.23. The number of rotatable bonds is 6. The van der Waals surface area contributed by atoms with Crippen LogP contribution in [0.4, 0.5) is 17.1 Å². The number of furan rings is 1. The molecule has 48 heavy (non-hydrogen) atoms. The molecular formula is C46H31NO. The molecule has 9 rings (SSSR count). The van der Waals surface area contributed by atoms with Crippen LogP contribution in [0.25, 0.3) is 66.1 Å². The van der Waals surface area contributed by atoms with Crippen LogP contribution in [-0.2, 0) is 0 Å². The smallest absolute Gasteiger partial charge is 0.145 e. The summed E-state index contributed by atoms with van der Waals surface area (Å²) in [6.07, 6.45) is 0. The van der Waals surface area contributed by atoms with Gasteiger partial charge in [0.2, 0.25) is 0 Å². The van der Waals surface area contributed by atoms with Gasteiger partial charge in [0.05, 0.1) is 16.8 Å².